The van der Waals surface area contributed by atoms with E-state index in [0.717, 1.165) is 16.9 Å². The molecule has 1 aromatic carbocycles. The van der Waals surface area contributed by atoms with Crippen molar-refractivity contribution in [3.05, 3.63) is 41.5 Å². The van der Waals surface area contributed by atoms with Gasteiger partial charge in [0, 0.05) is 5.92 Å². The average Bonchev–Trinajstić information content (AvgIpc) is 2.94. The minimum atomic E-state index is -0.629. The fourth-order valence-electron chi connectivity index (χ4n) is 5.89. The van der Waals surface area contributed by atoms with Gasteiger partial charge in [-0.2, -0.15) is 0 Å². The molecule has 1 saturated heterocycles. The highest BCUT2D eigenvalue weighted by Crippen LogP contribution is 2.53. The monoisotopic (exact) mass is 400 g/mol. The van der Waals surface area contributed by atoms with Crippen LogP contribution in [-0.2, 0) is 9.53 Å². The summed E-state index contributed by atoms with van der Waals surface area (Å²) in [6, 6.07) is 6.65. The second-order valence-electron chi connectivity index (χ2n) is 9.81. The molecule has 1 heterocycles. The molecule has 1 aliphatic heterocycles. The molecular weight excluding hydrogens is 366 g/mol. The zero-order chi connectivity index (χ0) is 20.8. The molecule has 5 nitrogen and oxygen atoms in total. The number of carbonyl (C=O) groups is 1. The molecular formula is C24H34NO4+. The van der Waals surface area contributed by atoms with E-state index in [4.69, 9.17) is 4.74 Å². The summed E-state index contributed by atoms with van der Waals surface area (Å²) in [5.41, 5.74) is 2.50. The molecule has 0 amide bonds. The number of likely N-dealkylation sites (N-methyl/N-ethyl adjacent to an activating group) is 1. The second kappa shape index (κ2) is 7.77. The number of nitrogens with one attached hydrogen (secondary N) is 1. The maximum absolute atomic E-state index is 12.7. The van der Waals surface area contributed by atoms with Crippen molar-refractivity contribution in [2.75, 3.05) is 20.1 Å². The van der Waals surface area contributed by atoms with Gasteiger partial charge in [0.05, 0.1) is 13.6 Å². The van der Waals surface area contributed by atoms with Crippen LogP contribution < -0.4 is 4.90 Å². The molecule has 3 aliphatic rings. The molecule has 0 bridgehead atoms. The predicted octanol–water partition coefficient (Wildman–Crippen LogP) is 2.25. The van der Waals surface area contributed by atoms with Gasteiger partial charge in [0.25, 0.3) is 0 Å². The van der Waals surface area contributed by atoms with E-state index in [1.807, 2.05) is 7.05 Å². The number of quaternary nitrogens is 1. The zero-order valence-electron chi connectivity index (χ0n) is 17.7. The number of phenolic OH excluding ortho intramolecular Hbond substituents is 1. The Hall–Kier alpha value is -1.85. The quantitative estimate of drug-likeness (QED) is 0.524. The summed E-state index contributed by atoms with van der Waals surface area (Å²) in [7, 11) is 2.02. The average molecular weight is 401 g/mol. The Kier molecular flexibility index (Phi) is 5.47. The number of aliphatic hydroxyl groups is 1. The SMILES string of the molecule is C[C@H]1CCC[C@]2(C)C[C@H]3OC(=O)[C@H](C[NH+](C)C[C@@H](O)c4ccc(O)cc4)[C@H]3C=C12. The molecule has 5 heteroatoms. The zero-order valence-corrected chi connectivity index (χ0v) is 17.7. The number of hydrogen-bond donors (Lipinski definition) is 3. The molecule has 29 heavy (non-hydrogen) atoms. The third-order valence-electron chi connectivity index (χ3n) is 7.47. The number of rotatable bonds is 5. The van der Waals surface area contributed by atoms with Crippen LogP contribution in [-0.4, -0.2) is 42.4 Å². The minimum Gasteiger partial charge on any atom is -0.508 e. The molecule has 1 aromatic rings. The summed E-state index contributed by atoms with van der Waals surface area (Å²) in [5.74, 6) is 0.721. The van der Waals surface area contributed by atoms with Gasteiger partial charge in [-0.3, -0.25) is 4.79 Å². The van der Waals surface area contributed by atoms with Crippen molar-refractivity contribution in [1.29, 1.82) is 0 Å². The maximum Gasteiger partial charge on any atom is 0.315 e. The lowest BCUT2D eigenvalue weighted by Crippen LogP contribution is -3.10. The number of allylic oxidation sites excluding steroid dienone is 1. The van der Waals surface area contributed by atoms with E-state index >= 15 is 0 Å². The first-order valence-corrected chi connectivity index (χ1v) is 11.0. The summed E-state index contributed by atoms with van der Waals surface area (Å²) in [4.78, 5) is 13.8. The van der Waals surface area contributed by atoms with Crippen LogP contribution in [0, 0.1) is 23.2 Å². The standard InChI is InChI=1S/C24H33NO4/c1-15-5-4-10-24(2)12-22-18(11-20(15)24)19(23(28)29-22)13-25(3)14-21(27)16-6-8-17(26)9-7-16/h6-9,11,15,18-19,21-22,26-27H,4-5,10,12-14H2,1-3H3/p+1/t15-,18+,19+,21+,22+,24+/m0/s1. The molecule has 3 N–H and O–H groups in total. The van der Waals surface area contributed by atoms with Crippen LogP contribution in [0.15, 0.2) is 35.9 Å². The van der Waals surface area contributed by atoms with Gasteiger partial charge in [0.1, 0.15) is 30.4 Å². The van der Waals surface area contributed by atoms with Crippen molar-refractivity contribution in [2.24, 2.45) is 23.2 Å². The van der Waals surface area contributed by atoms with E-state index in [-0.39, 0.29) is 35.1 Å². The first kappa shape index (κ1) is 20.4. The minimum absolute atomic E-state index is 0.00127. The summed E-state index contributed by atoms with van der Waals surface area (Å²) in [6.45, 7) is 5.83. The molecule has 0 aromatic heterocycles. The normalized spacial score (nSPS) is 35.9. The van der Waals surface area contributed by atoms with E-state index in [2.05, 4.69) is 19.9 Å². The van der Waals surface area contributed by atoms with Gasteiger partial charge < -0.3 is 19.8 Å². The van der Waals surface area contributed by atoms with Crippen molar-refractivity contribution < 1.29 is 24.6 Å². The van der Waals surface area contributed by atoms with Crippen molar-refractivity contribution in [1.82, 2.24) is 0 Å². The Morgan fingerprint density at radius 2 is 2.03 bits per heavy atom. The van der Waals surface area contributed by atoms with E-state index in [1.165, 1.54) is 24.8 Å². The van der Waals surface area contributed by atoms with Crippen molar-refractivity contribution >= 4 is 5.97 Å². The smallest absolute Gasteiger partial charge is 0.315 e. The van der Waals surface area contributed by atoms with Gasteiger partial charge in [-0.25, -0.2) is 0 Å². The van der Waals surface area contributed by atoms with Gasteiger partial charge in [-0.05, 0) is 48.3 Å². The summed E-state index contributed by atoms with van der Waals surface area (Å²) < 4.78 is 5.84. The second-order valence-corrected chi connectivity index (χ2v) is 9.81. The summed E-state index contributed by atoms with van der Waals surface area (Å²) in [6.07, 6.45) is 6.39. The Bertz CT molecular complexity index is 789. The van der Waals surface area contributed by atoms with Crippen molar-refractivity contribution in [2.45, 2.75) is 51.7 Å². The Labute approximate surface area is 173 Å². The van der Waals surface area contributed by atoms with Crippen LogP contribution in [0.2, 0.25) is 0 Å². The lowest BCUT2D eigenvalue weighted by molar-refractivity contribution is -0.886. The molecule has 1 unspecified atom stereocenters. The molecule has 4 rings (SSSR count). The highest BCUT2D eigenvalue weighted by atomic mass is 16.6. The highest BCUT2D eigenvalue weighted by Gasteiger charge is 2.52. The number of ether oxygens (including phenoxy) is 1. The van der Waals surface area contributed by atoms with Gasteiger partial charge in [0.15, 0.2) is 0 Å². The molecule has 2 fully saturated rings. The first-order chi connectivity index (χ1) is 13.8. The third-order valence-corrected chi connectivity index (χ3v) is 7.47. The summed E-state index contributed by atoms with van der Waals surface area (Å²) >= 11 is 0. The van der Waals surface area contributed by atoms with Crippen LogP contribution in [0.4, 0.5) is 0 Å². The number of esters is 1. The van der Waals surface area contributed by atoms with E-state index in [0.29, 0.717) is 19.0 Å². The number of aliphatic hydroxyl groups excluding tert-OH is 1. The number of hydrogen-bond acceptors (Lipinski definition) is 4. The maximum atomic E-state index is 12.7. The fraction of sp³-hybridized carbons (Fsp3) is 0.625. The molecule has 1 saturated carbocycles. The Morgan fingerprint density at radius 1 is 1.31 bits per heavy atom. The van der Waals surface area contributed by atoms with E-state index < -0.39 is 6.10 Å². The van der Waals surface area contributed by atoms with Crippen molar-refractivity contribution in [3.8, 4) is 5.75 Å². The molecule has 7 atom stereocenters. The topological polar surface area (TPSA) is 71.2 Å². The Balaban J connectivity index is 1.45. The van der Waals surface area contributed by atoms with E-state index in [9.17, 15) is 15.0 Å². The Morgan fingerprint density at radius 3 is 2.76 bits per heavy atom. The predicted molar refractivity (Wildman–Crippen MR) is 110 cm³/mol. The largest absolute Gasteiger partial charge is 0.508 e. The molecule has 0 radical (unpaired) electrons. The fourth-order valence-corrected chi connectivity index (χ4v) is 5.89. The highest BCUT2D eigenvalue weighted by molar-refractivity contribution is 5.76. The summed E-state index contributed by atoms with van der Waals surface area (Å²) in [5, 5.41) is 20.0. The van der Waals surface area contributed by atoms with Crippen LogP contribution in [0.3, 0.4) is 0 Å². The van der Waals surface area contributed by atoms with Gasteiger partial charge in [0.2, 0.25) is 0 Å². The number of carbonyl (C=O) groups excluding carboxylic acids is 1. The van der Waals surface area contributed by atoms with Crippen LogP contribution in [0.5, 0.6) is 5.75 Å². The van der Waals surface area contributed by atoms with Gasteiger partial charge in [-0.15, -0.1) is 0 Å². The lowest BCUT2D eigenvalue weighted by atomic mass is 9.59. The first-order valence-electron chi connectivity index (χ1n) is 11.0. The number of phenols is 1. The number of fused-ring (bicyclic) bond motifs is 2. The number of benzene rings is 1. The molecule has 2 aliphatic carbocycles. The lowest BCUT2D eigenvalue weighted by Gasteiger charge is -2.46. The van der Waals surface area contributed by atoms with E-state index in [1.54, 1.807) is 24.3 Å². The van der Waals surface area contributed by atoms with Crippen molar-refractivity contribution in [3.63, 3.8) is 0 Å². The van der Waals surface area contributed by atoms with Crippen LogP contribution in [0.1, 0.15) is 51.2 Å². The van der Waals surface area contributed by atoms with Crippen LogP contribution >= 0.6 is 0 Å². The van der Waals surface area contributed by atoms with Gasteiger partial charge >= 0.3 is 5.97 Å². The molecule has 158 valence electrons. The molecule has 0 spiro atoms. The van der Waals surface area contributed by atoms with Gasteiger partial charge in [-0.1, -0.05) is 44.1 Å². The number of aromatic hydroxyl groups is 1. The van der Waals surface area contributed by atoms with Crippen LogP contribution in [0.25, 0.3) is 0 Å². The third kappa shape index (κ3) is 3.95.